The average Bonchev–Trinajstić information content (AvgIpc) is 2.13. The standard InChI is InChI=1S/C9H15N3O2/c1-3-5-7(10)9(14)12(4-2)6-8(11)13/h1,7H,4-6,10H2,2H3,(H2,11,13). The number of amides is 2. The highest BCUT2D eigenvalue weighted by molar-refractivity contribution is 5.86. The Bertz CT molecular complexity index is 257. The molecule has 78 valence electrons. The zero-order valence-electron chi connectivity index (χ0n) is 8.19. The molecule has 0 saturated heterocycles. The lowest BCUT2D eigenvalue weighted by molar-refractivity contribution is -0.136. The van der Waals surface area contributed by atoms with Crippen molar-refractivity contribution >= 4 is 11.8 Å². The van der Waals surface area contributed by atoms with E-state index in [1.165, 1.54) is 4.90 Å². The number of nitrogens with two attached hydrogens (primary N) is 2. The minimum absolute atomic E-state index is 0.117. The van der Waals surface area contributed by atoms with Gasteiger partial charge in [-0.25, -0.2) is 0 Å². The highest BCUT2D eigenvalue weighted by Crippen LogP contribution is 1.96. The first kappa shape index (κ1) is 12.5. The Morgan fingerprint density at radius 2 is 2.14 bits per heavy atom. The van der Waals surface area contributed by atoms with E-state index < -0.39 is 11.9 Å². The molecule has 0 rings (SSSR count). The summed E-state index contributed by atoms with van der Waals surface area (Å²) in [6.07, 6.45) is 5.18. The molecule has 0 saturated carbocycles. The molecule has 0 bridgehead atoms. The Balaban J connectivity index is 4.31. The first-order chi connectivity index (χ1) is 6.52. The van der Waals surface area contributed by atoms with Crippen LogP contribution >= 0.6 is 0 Å². The van der Waals surface area contributed by atoms with Gasteiger partial charge >= 0.3 is 0 Å². The summed E-state index contributed by atoms with van der Waals surface area (Å²) in [6.45, 7) is 2.01. The molecule has 0 aromatic heterocycles. The molecular formula is C9H15N3O2. The Morgan fingerprint density at radius 3 is 2.50 bits per heavy atom. The van der Waals surface area contributed by atoms with E-state index in [0.717, 1.165) is 0 Å². The summed E-state index contributed by atoms with van der Waals surface area (Å²) in [6, 6.07) is -0.751. The number of hydrogen-bond acceptors (Lipinski definition) is 3. The second-order valence-electron chi connectivity index (χ2n) is 2.83. The van der Waals surface area contributed by atoms with Crippen LogP contribution in [-0.4, -0.2) is 35.8 Å². The van der Waals surface area contributed by atoms with E-state index in [1.54, 1.807) is 6.92 Å². The van der Waals surface area contributed by atoms with Gasteiger partial charge in [-0.3, -0.25) is 9.59 Å². The van der Waals surface area contributed by atoms with Gasteiger partial charge in [0, 0.05) is 13.0 Å². The molecule has 0 aliphatic carbocycles. The fourth-order valence-corrected chi connectivity index (χ4v) is 0.982. The van der Waals surface area contributed by atoms with Crippen molar-refractivity contribution in [1.29, 1.82) is 0 Å². The average molecular weight is 197 g/mol. The summed E-state index contributed by atoms with van der Waals surface area (Å²) in [4.78, 5) is 23.4. The Hall–Kier alpha value is -1.54. The fourth-order valence-electron chi connectivity index (χ4n) is 0.982. The van der Waals surface area contributed by atoms with Gasteiger partial charge in [0.25, 0.3) is 0 Å². The third kappa shape index (κ3) is 3.92. The second-order valence-corrected chi connectivity index (χ2v) is 2.83. The van der Waals surface area contributed by atoms with E-state index in [9.17, 15) is 9.59 Å². The molecule has 4 N–H and O–H groups in total. The second kappa shape index (κ2) is 6.00. The molecule has 0 aromatic carbocycles. The van der Waals surface area contributed by atoms with Gasteiger partial charge in [-0.05, 0) is 6.92 Å². The monoisotopic (exact) mass is 197 g/mol. The highest BCUT2D eigenvalue weighted by Gasteiger charge is 2.19. The minimum atomic E-state index is -0.751. The van der Waals surface area contributed by atoms with Gasteiger partial charge in [0.2, 0.25) is 11.8 Å². The molecule has 0 aromatic rings. The van der Waals surface area contributed by atoms with E-state index in [4.69, 9.17) is 17.9 Å². The fraction of sp³-hybridized carbons (Fsp3) is 0.556. The lowest BCUT2D eigenvalue weighted by Crippen LogP contribution is -2.46. The lowest BCUT2D eigenvalue weighted by atomic mass is 10.2. The van der Waals surface area contributed by atoms with E-state index in [2.05, 4.69) is 5.92 Å². The number of carbonyl (C=O) groups excluding carboxylic acids is 2. The van der Waals surface area contributed by atoms with Crippen LogP contribution < -0.4 is 11.5 Å². The van der Waals surface area contributed by atoms with Gasteiger partial charge in [0.15, 0.2) is 0 Å². The van der Waals surface area contributed by atoms with Crippen LogP contribution in [0.1, 0.15) is 13.3 Å². The number of likely N-dealkylation sites (N-methyl/N-ethyl adjacent to an activating group) is 1. The molecule has 2 amide bonds. The van der Waals surface area contributed by atoms with Crippen molar-refractivity contribution < 1.29 is 9.59 Å². The van der Waals surface area contributed by atoms with Crippen molar-refractivity contribution in [3.63, 3.8) is 0 Å². The van der Waals surface area contributed by atoms with Crippen LogP contribution in [0.3, 0.4) is 0 Å². The molecule has 0 radical (unpaired) electrons. The molecule has 0 fully saturated rings. The largest absolute Gasteiger partial charge is 0.368 e. The minimum Gasteiger partial charge on any atom is -0.368 e. The lowest BCUT2D eigenvalue weighted by Gasteiger charge is -2.21. The van der Waals surface area contributed by atoms with Crippen LogP contribution in [-0.2, 0) is 9.59 Å². The summed E-state index contributed by atoms with van der Waals surface area (Å²) in [5, 5.41) is 0. The number of primary amides is 1. The Morgan fingerprint density at radius 1 is 1.57 bits per heavy atom. The van der Waals surface area contributed by atoms with Crippen molar-refractivity contribution in [1.82, 2.24) is 4.90 Å². The van der Waals surface area contributed by atoms with Gasteiger partial charge in [0.1, 0.15) is 0 Å². The number of carbonyl (C=O) groups is 2. The summed E-state index contributed by atoms with van der Waals surface area (Å²) >= 11 is 0. The SMILES string of the molecule is C#CCC(N)C(=O)N(CC)CC(N)=O. The van der Waals surface area contributed by atoms with E-state index in [1.807, 2.05) is 0 Å². The summed E-state index contributed by atoms with van der Waals surface area (Å²) in [5.74, 6) is 1.39. The third-order valence-electron chi connectivity index (χ3n) is 1.70. The molecule has 14 heavy (non-hydrogen) atoms. The molecule has 5 heteroatoms. The van der Waals surface area contributed by atoms with Gasteiger partial charge in [-0.2, -0.15) is 0 Å². The van der Waals surface area contributed by atoms with Crippen molar-refractivity contribution in [2.45, 2.75) is 19.4 Å². The maximum Gasteiger partial charge on any atom is 0.240 e. The van der Waals surface area contributed by atoms with E-state index in [-0.39, 0.29) is 18.9 Å². The smallest absolute Gasteiger partial charge is 0.240 e. The van der Waals surface area contributed by atoms with E-state index in [0.29, 0.717) is 6.54 Å². The van der Waals surface area contributed by atoms with Gasteiger partial charge < -0.3 is 16.4 Å². The predicted molar refractivity (Wildman–Crippen MR) is 52.9 cm³/mol. The predicted octanol–water partition coefficient (Wildman–Crippen LogP) is -1.33. The maximum absolute atomic E-state index is 11.5. The van der Waals surface area contributed by atoms with Crippen molar-refractivity contribution in [3.05, 3.63) is 0 Å². The number of terminal acetylenes is 1. The van der Waals surface area contributed by atoms with Gasteiger partial charge in [-0.15, -0.1) is 12.3 Å². The summed E-state index contributed by atoms with van der Waals surface area (Å²) in [7, 11) is 0. The van der Waals surface area contributed by atoms with Crippen LogP contribution in [0.5, 0.6) is 0 Å². The third-order valence-corrected chi connectivity index (χ3v) is 1.70. The normalized spacial score (nSPS) is 11.5. The molecule has 5 nitrogen and oxygen atoms in total. The van der Waals surface area contributed by atoms with Crippen LogP contribution in [0.25, 0.3) is 0 Å². The first-order valence-electron chi connectivity index (χ1n) is 4.29. The Kier molecular flexibility index (Phi) is 5.34. The molecule has 0 aliphatic rings. The van der Waals surface area contributed by atoms with E-state index >= 15 is 0 Å². The molecular weight excluding hydrogens is 182 g/mol. The quantitative estimate of drug-likeness (QED) is 0.535. The molecule has 1 atom stereocenters. The molecule has 0 heterocycles. The maximum atomic E-state index is 11.5. The van der Waals surface area contributed by atoms with Crippen LogP contribution in [0.2, 0.25) is 0 Å². The Labute approximate surface area is 83.4 Å². The van der Waals surface area contributed by atoms with Crippen LogP contribution in [0.4, 0.5) is 0 Å². The van der Waals surface area contributed by atoms with Crippen LogP contribution in [0, 0.1) is 12.3 Å². The topological polar surface area (TPSA) is 89.4 Å². The summed E-state index contributed by atoms with van der Waals surface area (Å²) in [5.41, 5.74) is 10.5. The molecule has 1 unspecified atom stereocenters. The van der Waals surface area contributed by atoms with Crippen molar-refractivity contribution in [2.24, 2.45) is 11.5 Å². The molecule has 0 aliphatic heterocycles. The van der Waals surface area contributed by atoms with Crippen molar-refractivity contribution in [2.75, 3.05) is 13.1 Å². The zero-order valence-corrected chi connectivity index (χ0v) is 8.19. The van der Waals surface area contributed by atoms with Crippen LogP contribution in [0.15, 0.2) is 0 Å². The number of hydrogen-bond donors (Lipinski definition) is 2. The summed E-state index contributed by atoms with van der Waals surface area (Å²) < 4.78 is 0. The van der Waals surface area contributed by atoms with Crippen molar-refractivity contribution in [3.8, 4) is 12.3 Å². The highest BCUT2D eigenvalue weighted by atomic mass is 16.2. The first-order valence-corrected chi connectivity index (χ1v) is 4.29. The molecule has 0 spiro atoms. The van der Waals surface area contributed by atoms with Gasteiger partial charge in [0.05, 0.1) is 12.6 Å². The zero-order chi connectivity index (χ0) is 11.1. The number of nitrogens with zero attached hydrogens (tertiary/aromatic N) is 1. The number of rotatable bonds is 5. The van der Waals surface area contributed by atoms with Gasteiger partial charge in [-0.1, -0.05) is 0 Å².